The van der Waals surface area contributed by atoms with E-state index in [2.05, 4.69) is 26.5 Å². The Bertz CT molecular complexity index is 1080. The molecule has 0 saturated heterocycles. The van der Waals surface area contributed by atoms with E-state index in [1.165, 1.54) is 5.56 Å². The fraction of sp³-hybridized carbons (Fsp3) is 0.500. The Morgan fingerprint density at radius 2 is 1.76 bits per heavy atom. The standard InChI is InChI=1S/C24H29F3N2O4S/c25-24(26,27)33-19-11-13-20(14-12-19)34(31,32)28-16-18-8-5-10-22(23(18)30)29-15-4-3-7-17-6-1-2-9-21(17)29/h1-2,6,9,11-14,18,22-23,28,30H,3-5,7-8,10,15-16H2/t18-,22?,23-/m1/s1. The summed E-state index contributed by atoms with van der Waals surface area (Å²) in [6, 6.07) is 12.2. The number of aliphatic hydroxyl groups is 1. The molecule has 4 rings (SSSR count). The van der Waals surface area contributed by atoms with Crippen LogP contribution in [0.5, 0.6) is 5.75 Å². The van der Waals surface area contributed by atoms with E-state index in [9.17, 15) is 26.7 Å². The SMILES string of the molecule is O=S(=O)(NC[C@H]1CCCC(N2CCCCc3ccccc32)[C@@H]1O)c1ccc(OC(F)(F)F)cc1. The van der Waals surface area contributed by atoms with Crippen LogP contribution in [0.1, 0.15) is 37.7 Å². The smallest absolute Gasteiger partial charge is 0.406 e. The first-order chi connectivity index (χ1) is 16.1. The molecule has 3 atom stereocenters. The number of rotatable bonds is 6. The topological polar surface area (TPSA) is 78.9 Å². The maximum Gasteiger partial charge on any atom is 0.573 e. The van der Waals surface area contributed by atoms with Gasteiger partial charge >= 0.3 is 6.36 Å². The highest BCUT2D eigenvalue weighted by Gasteiger charge is 2.37. The Labute approximate surface area is 197 Å². The molecular formula is C24H29F3N2O4S. The van der Waals surface area contributed by atoms with Crippen molar-refractivity contribution in [2.45, 2.75) is 61.9 Å². The fourth-order valence-electron chi connectivity index (χ4n) is 4.99. The summed E-state index contributed by atoms with van der Waals surface area (Å²) < 4.78 is 68.7. The molecular weight excluding hydrogens is 469 g/mol. The number of benzene rings is 2. The van der Waals surface area contributed by atoms with Crippen LogP contribution in [-0.2, 0) is 16.4 Å². The zero-order chi connectivity index (χ0) is 24.3. The summed E-state index contributed by atoms with van der Waals surface area (Å²) in [4.78, 5) is 2.12. The largest absolute Gasteiger partial charge is 0.573 e. The molecule has 2 aromatic rings. The van der Waals surface area contributed by atoms with E-state index >= 15 is 0 Å². The number of aliphatic hydroxyl groups excluding tert-OH is 1. The summed E-state index contributed by atoms with van der Waals surface area (Å²) in [6.07, 6.45) is -0.0319. The molecule has 2 aromatic carbocycles. The lowest BCUT2D eigenvalue weighted by atomic mass is 9.82. The number of ether oxygens (including phenoxy) is 1. The van der Waals surface area contributed by atoms with Crippen molar-refractivity contribution in [1.29, 1.82) is 0 Å². The van der Waals surface area contributed by atoms with Gasteiger partial charge in [0.2, 0.25) is 10.0 Å². The normalized spacial score (nSPS) is 23.8. The van der Waals surface area contributed by atoms with Gasteiger partial charge in [-0.3, -0.25) is 0 Å². The zero-order valence-electron chi connectivity index (χ0n) is 18.7. The van der Waals surface area contributed by atoms with Gasteiger partial charge in [-0.2, -0.15) is 0 Å². The Morgan fingerprint density at radius 3 is 2.50 bits per heavy atom. The molecule has 1 heterocycles. The quantitative estimate of drug-likeness (QED) is 0.623. The third-order valence-corrected chi connectivity index (χ3v) is 8.09. The lowest BCUT2D eigenvalue weighted by Crippen LogP contribution is -2.52. The molecule has 0 aromatic heterocycles. The highest BCUT2D eigenvalue weighted by molar-refractivity contribution is 7.89. The minimum Gasteiger partial charge on any atom is -0.406 e. The van der Waals surface area contributed by atoms with Crippen LogP contribution in [0.4, 0.5) is 18.9 Å². The minimum absolute atomic E-state index is 0.0519. The lowest BCUT2D eigenvalue weighted by Gasteiger charge is -2.43. The Balaban J connectivity index is 1.42. The summed E-state index contributed by atoms with van der Waals surface area (Å²) in [5.74, 6) is -0.758. The molecule has 10 heteroatoms. The Hall–Kier alpha value is -2.30. The number of anilines is 1. The summed E-state index contributed by atoms with van der Waals surface area (Å²) in [5, 5.41) is 11.2. The monoisotopic (exact) mass is 498 g/mol. The van der Waals surface area contributed by atoms with Gasteiger partial charge in [0.15, 0.2) is 0 Å². The molecule has 1 saturated carbocycles. The minimum atomic E-state index is -4.85. The third-order valence-electron chi connectivity index (χ3n) is 6.65. The predicted molar refractivity (Wildman–Crippen MR) is 122 cm³/mol. The first kappa shape index (κ1) is 24.8. The zero-order valence-corrected chi connectivity index (χ0v) is 19.5. The molecule has 1 unspecified atom stereocenters. The number of para-hydroxylation sites is 1. The molecule has 6 nitrogen and oxygen atoms in total. The average Bonchev–Trinajstić information content (AvgIpc) is 3.00. The summed E-state index contributed by atoms with van der Waals surface area (Å²) in [5.41, 5.74) is 2.42. The number of fused-ring (bicyclic) bond motifs is 1. The number of hydrogen-bond donors (Lipinski definition) is 2. The van der Waals surface area contributed by atoms with Crippen LogP contribution in [0.3, 0.4) is 0 Å². The van der Waals surface area contributed by atoms with Crippen LogP contribution < -0.4 is 14.4 Å². The van der Waals surface area contributed by atoms with E-state index in [0.29, 0.717) is 6.42 Å². The summed E-state index contributed by atoms with van der Waals surface area (Å²) in [7, 11) is -3.95. The fourth-order valence-corrected chi connectivity index (χ4v) is 6.09. The van der Waals surface area contributed by atoms with Gasteiger partial charge in [0, 0.05) is 24.7 Å². The van der Waals surface area contributed by atoms with E-state index < -0.39 is 28.2 Å². The molecule has 0 radical (unpaired) electrons. The van der Waals surface area contributed by atoms with Crippen molar-refractivity contribution >= 4 is 15.7 Å². The van der Waals surface area contributed by atoms with Crippen LogP contribution in [0.25, 0.3) is 0 Å². The average molecular weight is 499 g/mol. The second kappa shape index (κ2) is 10.1. The number of alkyl halides is 3. The van der Waals surface area contributed by atoms with Gasteiger partial charge in [-0.1, -0.05) is 24.6 Å². The van der Waals surface area contributed by atoms with E-state index in [0.717, 1.165) is 68.6 Å². The number of nitrogens with one attached hydrogen (secondary N) is 1. The van der Waals surface area contributed by atoms with Gasteiger partial charge in [-0.15, -0.1) is 13.2 Å². The highest BCUT2D eigenvalue weighted by atomic mass is 32.2. The van der Waals surface area contributed by atoms with Gasteiger partial charge in [0.25, 0.3) is 0 Å². The number of sulfonamides is 1. The summed E-state index contributed by atoms with van der Waals surface area (Å²) in [6.45, 7) is 0.903. The number of aryl methyl sites for hydroxylation is 1. The van der Waals surface area contributed by atoms with Crippen LogP contribution in [0, 0.1) is 5.92 Å². The van der Waals surface area contributed by atoms with Gasteiger partial charge in [-0.25, -0.2) is 13.1 Å². The second-order valence-electron chi connectivity index (χ2n) is 8.90. The van der Waals surface area contributed by atoms with Crippen LogP contribution in [0.2, 0.25) is 0 Å². The van der Waals surface area contributed by atoms with Gasteiger partial charge in [0.05, 0.1) is 17.0 Å². The molecule has 0 amide bonds. The molecule has 1 aliphatic carbocycles. The van der Waals surface area contributed by atoms with Crippen molar-refractivity contribution < 1.29 is 31.4 Å². The summed E-state index contributed by atoms with van der Waals surface area (Å²) >= 11 is 0. The predicted octanol–water partition coefficient (Wildman–Crippen LogP) is 4.24. The van der Waals surface area contributed by atoms with Crippen molar-refractivity contribution in [2.75, 3.05) is 18.0 Å². The number of hydrogen-bond acceptors (Lipinski definition) is 5. The van der Waals surface area contributed by atoms with Crippen molar-refractivity contribution in [1.82, 2.24) is 4.72 Å². The maximum atomic E-state index is 12.7. The van der Waals surface area contributed by atoms with Gasteiger partial charge in [0.1, 0.15) is 5.75 Å². The van der Waals surface area contributed by atoms with Crippen LogP contribution in [-0.4, -0.2) is 45.1 Å². The van der Waals surface area contributed by atoms with E-state index in [4.69, 9.17) is 0 Å². The van der Waals surface area contributed by atoms with Crippen molar-refractivity contribution in [2.24, 2.45) is 5.92 Å². The van der Waals surface area contributed by atoms with Crippen molar-refractivity contribution in [3.8, 4) is 5.75 Å². The highest BCUT2D eigenvalue weighted by Crippen LogP contribution is 2.35. The molecule has 0 spiro atoms. The molecule has 2 N–H and O–H groups in total. The molecule has 1 aliphatic heterocycles. The molecule has 1 fully saturated rings. The first-order valence-electron chi connectivity index (χ1n) is 11.5. The van der Waals surface area contributed by atoms with Crippen molar-refractivity contribution in [3.05, 3.63) is 54.1 Å². The van der Waals surface area contributed by atoms with Crippen molar-refractivity contribution in [3.63, 3.8) is 0 Å². The van der Waals surface area contributed by atoms with E-state index in [1.807, 2.05) is 12.1 Å². The molecule has 0 bridgehead atoms. The van der Waals surface area contributed by atoms with Crippen LogP contribution in [0.15, 0.2) is 53.4 Å². The number of nitrogens with zero attached hydrogens (tertiary/aromatic N) is 1. The second-order valence-corrected chi connectivity index (χ2v) is 10.7. The molecule has 186 valence electrons. The molecule has 2 aliphatic rings. The van der Waals surface area contributed by atoms with Gasteiger partial charge in [-0.05, 0) is 68.0 Å². The maximum absolute atomic E-state index is 12.7. The van der Waals surface area contributed by atoms with Crippen LogP contribution >= 0.6 is 0 Å². The van der Waals surface area contributed by atoms with E-state index in [-0.39, 0.29) is 23.4 Å². The van der Waals surface area contributed by atoms with Gasteiger partial charge < -0.3 is 14.7 Å². The Kier molecular flexibility index (Phi) is 7.39. The lowest BCUT2D eigenvalue weighted by molar-refractivity contribution is -0.274. The third kappa shape index (κ3) is 5.84. The number of halogens is 3. The first-order valence-corrected chi connectivity index (χ1v) is 13.0. The van der Waals surface area contributed by atoms with E-state index in [1.54, 1.807) is 0 Å². The molecule has 34 heavy (non-hydrogen) atoms. The Morgan fingerprint density at radius 1 is 1.03 bits per heavy atom.